The number of Topliss-reactive ketones (excluding diaryl/α,β-unsaturated/α-hetero) is 1. The van der Waals surface area contributed by atoms with Crippen LogP contribution in [0.25, 0.3) is 11.1 Å². The number of carbonyl (C=O) groups excluding carboxylic acids is 2. The lowest BCUT2D eigenvalue weighted by Gasteiger charge is -2.16. The molecule has 4 aromatic rings. The van der Waals surface area contributed by atoms with Gasteiger partial charge in [0.15, 0.2) is 5.78 Å². The summed E-state index contributed by atoms with van der Waals surface area (Å²) in [5.41, 5.74) is 9.31. The standard InChI is InChI=1S/C23H30N2O5.C22H25N3O3/c1-2-20-18(27)11-22(29-20)24-16-7-3-14(4-8-16)15-5-9-17(10-6-15)25-23-12-19(28)21(13-26)30-23;1-17-6-4-7-18(12-17)14-23-16-21(27)9-2-3-11-22(28)25-24-15-19-8-5-10-20(26)13-19/h3-10,18-28H,2,11-13H2,1H3;4-8,10,12-15,26H,2-3,9,11,16H2,1H3,(H,25,28). The first-order valence-electron chi connectivity index (χ1n) is 19.8. The average molecular weight is 794 g/mol. The minimum atomic E-state index is -0.648. The van der Waals surface area contributed by atoms with Gasteiger partial charge in [0.25, 0.3) is 0 Å². The summed E-state index contributed by atoms with van der Waals surface area (Å²) in [5.74, 6) is -0.00398. The van der Waals surface area contributed by atoms with Crippen molar-refractivity contribution < 1.29 is 39.5 Å². The normalized spacial score (nSPS) is 21.5. The van der Waals surface area contributed by atoms with Crippen molar-refractivity contribution in [2.24, 2.45) is 10.1 Å². The van der Waals surface area contributed by atoms with Crippen LogP contribution in [-0.2, 0) is 19.1 Å². The lowest BCUT2D eigenvalue weighted by atomic mass is 10.0. The van der Waals surface area contributed by atoms with E-state index in [1.54, 1.807) is 30.5 Å². The summed E-state index contributed by atoms with van der Waals surface area (Å²) < 4.78 is 11.4. The van der Waals surface area contributed by atoms with Crippen LogP contribution in [0.1, 0.15) is 68.6 Å². The monoisotopic (exact) mass is 793 g/mol. The number of nitrogens with zero attached hydrogens (tertiary/aromatic N) is 2. The van der Waals surface area contributed by atoms with Crippen molar-refractivity contribution in [3.63, 3.8) is 0 Å². The highest BCUT2D eigenvalue weighted by Gasteiger charge is 2.33. The third kappa shape index (κ3) is 14.2. The summed E-state index contributed by atoms with van der Waals surface area (Å²) in [7, 11) is 0. The van der Waals surface area contributed by atoms with Crippen molar-refractivity contribution in [3.05, 3.63) is 114 Å². The third-order valence-corrected chi connectivity index (χ3v) is 9.72. The first-order chi connectivity index (χ1) is 28.1. The number of benzene rings is 4. The van der Waals surface area contributed by atoms with E-state index in [1.807, 2.05) is 74.5 Å². The Hall–Kier alpha value is -5.44. The van der Waals surface area contributed by atoms with Crippen molar-refractivity contribution in [1.82, 2.24) is 5.43 Å². The van der Waals surface area contributed by atoms with Crippen molar-refractivity contribution in [1.29, 1.82) is 0 Å². The summed E-state index contributed by atoms with van der Waals surface area (Å²) in [4.78, 5) is 27.7. The Morgan fingerprint density at radius 1 is 0.759 bits per heavy atom. The van der Waals surface area contributed by atoms with E-state index in [9.17, 15) is 30.0 Å². The third-order valence-electron chi connectivity index (χ3n) is 9.72. The zero-order valence-electron chi connectivity index (χ0n) is 33.0. The molecule has 308 valence electrons. The fourth-order valence-corrected chi connectivity index (χ4v) is 6.60. The number of aliphatic hydroxyl groups is 3. The summed E-state index contributed by atoms with van der Waals surface area (Å²) >= 11 is 0. The Balaban J connectivity index is 0.000000222. The molecular weight excluding hydrogens is 739 g/mol. The highest BCUT2D eigenvalue weighted by Crippen LogP contribution is 2.28. The number of amides is 1. The van der Waals surface area contributed by atoms with Crippen LogP contribution in [0, 0.1) is 6.92 Å². The maximum Gasteiger partial charge on any atom is 0.240 e. The Kier molecular flexibility index (Phi) is 16.9. The molecule has 13 heteroatoms. The van der Waals surface area contributed by atoms with Crippen LogP contribution in [0.5, 0.6) is 5.75 Å². The molecule has 0 aliphatic carbocycles. The van der Waals surface area contributed by atoms with Crippen LogP contribution in [0.4, 0.5) is 11.4 Å². The van der Waals surface area contributed by atoms with Gasteiger partial charge in [-0.1, -0.05) is 73.2 Å². The summed E-state index contributed by atoms with van der Waals surface area (Å²) in [6, 6.07) is 30.6. The molecule has 2 fully saturated rings. The van der Waals surface area contributed by atoms with Gasteiger partial charge < -0.3 is 40.5 Å². The highest BCUT2D eigenvalue weighted by molar-refractivity contribution is 5.85. The first kappa shape index (κ1) is 43.7. The zero-order valence-corrected chi connectivity index (χ0v) is 33.0. The van der Waals surface area contributed by atoms with Gasteiger partial charge in [0.05, 0.1) is 37.7 Å². The van der Waals surface area contributed by atoms with E-state index < -0.39 is 18.3 Å². The molecule has 0 radical (unpaired) electrons. The molecule has 6 rings (SSSR count). The number of anilines is 2. The van der Waals surface area contributed by atoms with Crippen LogP contribution in [-0.4, -0.2) is 94.6 Å². The number of hydrogen-bond acceptors (Lipinski definition) is 12. The summed E-state index contributed by atoms with van der Waals surface area (Å²) in [6.07, 6.45) is 4.83. The fourth-order valence-electron chi connectivity index (χ4n) is 6.60. The second-order valence-corrected chi connectivity index (χ2v) is 14.5. The molecule has 0 saturated carbocycles. The van der Waals surface area contributed by atoms with E-state index >= 15 is 0 Å². The Bertz CT molecular complexity index is 1810. The van der Waals surface area contributed by atoms with Gasteiger partial charge in [0.1, 0.15) is 24.3 Å². The number of aryl methyl sites for hydroxylation is 1. The van der Waals surface area contributed by atoms with Gasteiger partial charge in [0.2, 0.25) is 5.91 Å². The fraction of sp³-hybridized carbons (Fsp3) is 0.378. The zero-order chi connectivity index (χ0) is 41.3. The maximum absolute atomic E-state index is 11.8. The van der Waals surface area contributed by atoms with Crippen molar-refractivity contribution in [3.8, 4) is 16.9 Å². The molecule has 1 amide bonds. The number of nitrogens with one attached hydrogen (secondary N) is 3. The predicted octanol–water partition coefficient (Wildman–Crippen LogP) is 5.93. The van der Waals surface area contributed by atoms with Gasteiger partial charge >= 0.3 is 0 Å². The molecule has 0 aromatic heterocycles. The number of aromatic hydroxyl groups is 1. The van der Waals surface area contributed by atoms with Gasteiger partial charge in [-0.05, 0) is 84.8 Å². The predicted molar refractivity (Wildman–Crippen MR) is 226 cm³/mol. The average Bonchev–Trinajstić information content (AvgIpc) is 3.76. The molecule has 2 aliphatic rings. The van der Waals surface area contributed by atoms with E-state index in [2.05, 4.69) is 38.3 Å². The number of unbranched alkanes of at least 4 members (excludes halogenated alkanes) is 1. The molecule has 2 aliphatic heterocycles. The van der Waals surface area contributed by atoms with E-state index in [4.69, 9.17) is 9.47 Å². The largest absolute Gasteiger partial charge is 0.508 e. The number of ether oxygens (including phenoxy) is 2. The van der Waals surface area contributed by atoms with Crippen LogP contribution in [0.15, 0.2) is 107 Å². The van der Waals surface area contributed by atoms with E-state index in [-0.39, 0.29) is 49.2 Å². The lowest BCUT2D eigenvalue weighted by molar-refractivity contribution is -0.121. The molecule has 6 unspecified atom stereocenters. The highest BCUT2D eigenvalue weighted by atomic mass is 16.5. The number of rotatable bonds is 17. The first-order valence-corrected chi connectivity index (χ1v) is 19.8. The molecule has 58 heavy (non-hydrogen) atoms. The number of aliphatic hydroxyl groups excluding tert-OH is 3. The molecule has 0 bridgehead atoms. The quantitative estimate of drug-likeness (QED) is 0.0383. The lowest BCUT2D eigenvalue weighted by Crippen LogP contribution is -2.25. The molecule has 6 atom stereocenters. The maximum atomic E-state index is 11.8. The van der Waals surface area contributed by atoms with Gasteiger partial charge in [-0.25, -0.2) is 5.43 Å². The Morgan fingerprint density at radius 3 is 1.88 bits per heavy atom. The molecule has 0 spiro atoms. The second-order valence-electron chi connectivity index (χ2n) is 14.5. The topological polar surface area (TPSA) is 194 Å². The van der Waals surface area contributed by atoms with Crippen molar-refractivity contribution in [2.75, 3.05) is 23.8 Å². The number of aliphatic imine (C=N–C) groups is 1. The number of hydrogen-bond donors (Lipinski definition) is 7. The minimum absolute atomic E-state index is 0.0613. The van der Waals surface area contributed by atoms with E-state index in [0.717, 1.165) is 40.0 Å². The molecule has 13 nitrogen and oxygen atoms in total. The Labute approximate surface area is 339 Å². The summed E-state index contributed by atoms with van der Waals surface area (Å²) in [6.45, 7) is 4.00. The molecular formula is C45H55N5O8. The molecule has 4 aromatic carbocycles. The molecule has 7 N–H and O–H groups in total. The number of ketones is 1. The van der Waals surface area contributed by atoms with Gasteiger partial charge in [0, 0.05) is 43.3 Å². The second kappa shape index (κ2) is 22.5. The van der Waals surface area contributed by atoms with Crippen LogP contribution in [0.2, 0.25) is 0 Å². The number of hydrazone groups is 1. The molecule has 2 heterocycles. The minimum Gasteiger partial charge on any atom is -0.508 e. The number of carbonyl (C=O) groups is 2. The van der Waals surface area contributed by atoms with E-state index in [0.29, 0.717) is 44.1 Å². The van der Waals surface area contributed by atoms with E-state index in [1.165, 1.54) is 6.21 Å². The smallest absolute Gasteiger partial charge is 0.240 e. The summed E-state index contributed by atoms with van der Waals surface area (Å²) in [5, 5.41) is 48.8. The Morgan fingerprint density at radius 2 is 1.33 bits per heavy atom. The van der Waals surface area contributed by atoms with Crippen LogP contribution < -0.4 is 16.1 Å². The number of phenolic OH excluding ortho intramolecular Hbond substituents is 1. The van der Waals surface area contributed by atoms with Gasteiger partial charge in [-0.15, -0.1) is 0 Å². The number of phenols is 1. The molecule has 2 saturated heterocycles. The van der Waals surface area contributed by atoms with Gasteiger partial charge in [-0.3, -0.25) is 14.6 Å². The van der Waals surface area contributed by atoms with Crippen LogP contribution in [0.3, 0.4) is 0 Å². The van der Waals surface area contributed by atoms with Gasteiger partial charge in [-0.2, -0.15) is 5.10 Å². The van der Waals surface area contributed by atoms with Crippen LogP contribution >= 0.6 is 0 Å². The SMILES string of the molecule is CCC1OC(Nc2ccc(-c3ccc(NC4CC(O)C(CO)O4)cc3)cc2)CC1O.Cc1cccc(C=NCC(=O)CCCCC(=O)NN=Cc2cccc(O)c2)c1. The van der Waals surface area contributed by atoms with Crippen molar-refractivity contribution in [2.45, 2.75) is 95.7 Å². The van der Waals surface area contributed by atoms with Crippen molar-refractivity contribution >= 4 is 35.5 Å².